The highest BCUT2D eigenvalue weighted by molar-refractivity contribution is 5.26. The standard InChI is InChI=1S/C11H19FN4O4/c1-17-2-3-18-4-5-19-6-7-20-10-9(12)8-14-11(15-10)16-13/h8H,2-7,13H2,1H3,(H,14,15,16). The van der Waals surface area contributed by atoms with Crippen molar-refractivity contribution in [2.24, 2.45) is 5.84 Å². The zero-order valence-electron chi connectivity index (χ0n) is 11.3. The summed E-state index contributed by atoms with van der Waals surface area (Å²) in [4.78, 5) is 7.31. The molecule has 9 heteroatoms. The molecule has 1 aromatic heterocycles. The predicted octanol–water partition coefficient (Wildman–Crippen LogP) is -0.0403. The molecular weight excluding hydrogens is 271 g/mol. The molecule has 0 bridgehead atoms. The van der Waals surface area contributed by atoms with E-state index in [2.05, 4.69) is 15.4 Å². The first-order valence-corrected chi connectivity index (χ1v) is 6.04. The first-order valence-electron chi connectivity index (χ1n) is 6.04. The van der Waals surface area contributed by atoms with Gasteiger partial charge in [-0.15, -0.1) is 0 Å². The first-order chi connectivity index (χ1) is 9.77. The number of aromatic nitrogens is 2. The molecule has 1 rings (SSSR count). The number of hydrazine groups is 1. The average Bonchev–Trinajstić information content (AvgIpc) is 2.47. The lowest BCUT2D eigenvalue weighted by atomic mass is 10.6. The van der Waals surface area contributed by atoms with Crippen molar-refractivity contribution in [1.29, 1.82) is 0 Å². The van der Waals surface area contributed by atoms with Crippen LogP contribution < -0.4 is 16.0 Å². The number of anilines is 1. The Bertz CT molecular complexity index is 383. The van der Waals surface area contributed by atoms with Gasteiger partial charge in [0.2, 0.25) is 11.8 Å². The predicted molar refractivity (Wildman–Crippen MR) is 68.8 cm³/mol. The van der Waals surface area contributed by atoms with Gasteiger partial charge in [-0.3, -0.25) is 5.43 Å². The minimum atomic E-state index is -0.660. The van der Waals surface area contributed by atoms with E-state index in [0.29, 0.717) is 33.0 Å². The molecule has 8 nitrogen and oxygen atoms in total. The number of hydrogen-bond acceptors (Lipinski definition) is 8. The van der Waals surface area contributed by atoms with Crippen LogP contribution in [0.3, 0.4) is 0 Å². The second-order valence-corrected chi connectivity index (χ2v) is 3.56. The monoisotopic (exact) mass is 290 g/mol. The molecule has 1 aromatic rings. The highest BCUT2D eigenvalue weighted by atomic mass is 19.1. The fourth-order valence-corrected chi connectivity index (χ4v) is 1.18. The Labute approximate surface area is 116 Å². The molecule has 0 spiro atoms. The van der Waals surface area contributed by atoms with Crippen LogP contribution in [0.25, 0.3) is 0 Å². The van der Waals surface area contributed by atoms with Crippen molar-refractivity contribution >= 4 is 5.95 Å². The van der Waals surface area contributed by atoms with Crippen LogP contribution in [-0.4, -0.2) is 56.7 Å². The smallest absolute Gasteiger partial charge is 0.255 e. The van der Waals surface area contributed by atoms with Gasteiger partial charge in [0.1, 0.15) is 6.61 Å². The van der Waals surface area contributed by atoms with Gasteiger partial charge in [-0.2, -0.15) is 9.37 Å². The molecule has 0 aliphatic heterocycles. The minimum absolute atomic E-state index is 0.0776. The number of rotatable bonds is 11. The molecule has 0 aliphatic carbocycles. The summed E-state index contributed by atoms with van der Waals surface area (Å²) in [6.45, 7) is 2.42. The Morgan fingerprint density at radius 1 is 1.15 bits per heavy atom. The molecule has 0 atom stereocenters. The van der Waals surface area contributed by atoms with Gasteiger partial charge in [-0.25, -0.2) is 10.8 Å². The van der Waals surface area contributed by atoms with Gasteiger partial charge in [0.05, 0.1) is 39.2 Å². The maximum Gasteiger partial charge on any atom is 0.255 e. The Balaban J connectivity index is 2.09. The van der Waals surface area contributed by atoms with Gasteiger partial charge in [0.15, 0.2) is 0 Å². The van der Waals surface area contributed by atoms with Crippen molar-refractivity contribution in [2.75, 3.05) is 52.2 Å². The Hall–Kier alpha value is -1.55. The van der Waals surface area contributed by atoms with Crippen molar-refractivity contribution in [3.8, 4) is 5.88 Å². The van der Waals surface area contributed by atoms with E-state index in [0.717, 1.165) is 6.20 Å². The molecule has 0 amide bonds. The SMILES string of the molecule is COCCOCCOCCOc1nc(NN)ncc1F. The minimum Gasteiger partial charge on any atom is -0.473 e. The van der Waals surface area contributed by atoms with Crippen molar-refractivity contribution in [2.45, 2.75) is 0 Å². The van der Waals surface area contributed by atoms with Gasteiger partial charge in [-0.05, 0) is 0 Å². The van der Waals surface area contributed by atoms with Gasteiger partial charge >= 0.3 is 0 Å². The molecule has 0 fully saturated rings. The van der Waals surface area contributed by atoms with E-state index in [1.165, 1.54) is 0 Å². The van der Waals surface area contributed by atoms with Crippen LogP contribution in [0.4, 0.5) is 10.3 Å². The van der Waals surface area contributed by atoms with Crippen LogP contribution in [0.2, 0.25) is 0 Å². The molecule has 0 aromatic carbocycles. The molecule has 1 heterocycles. The molecule has 0 saturated heterocycles. The van der Waals surface area contributed by atoms with Gasteiger partial charge in [0.25, 0.3) is 5.88 Å². The third kappa shape index (κ3) is 6.57. The number of nitrogens with two attached hydrogens (primary N) is 1. The number of nitrogens with one attached hydrogen (secondary N) is 1. The Morgan fingerprint density at radius 2 is 1.80 bits per heavy atom. The lowest BCUT2D eigenvalue weighted by Crippen LogP contribution is -2.15. The molecule has 0 aliphatic rings. The summed E-state index contributed by atoms with van der Waals surface area (Å²) in [5.74, 6) is 4.36. The number of halogens is 1. The van der Waals surface area contributed by atoms with Crippen LogP contribution in [0, 0.1) is 5.82 Å². The van der Waals surface area contributed by atoms with E-state index in [1.807, 2.05) is 0 Å². The molecule has 3 N–H and O–H groups in total. The maximum absolute atomic E-state index is 13.3. The first kappa shape index (κ1) is 16.5. The maximum atomic E-state index is 13.3. The summed E-state index contributed by atoms with van der Waals surface area (Å²) < 4.78 is 33.6. The number of nitrogen functional groups attached to an aromatic ring is 1. The summed E-state index contributed by atoms with van der Waals surface area (Å²) in [5.41, 5.74) is 2.20. The molecule has 114 valence electrons. The molecule has 0 saturated carbocycles. The largest absolute Gasteiger partial charge is 0.473 e. The van der Waals surface area contributed by atoms with Gasteiger partial charge in [0, 0.05) is 7.11 Å². The van der Waals surface area contributed by atoms with E-state index in [9.17, 15) is 4.39 Å². The highest BCUT2D eigenvalue weighted by Gasteiger charge is 2.07. The van der Waals surface area contributed by atoms with E-state index >= 15 is 0 Å². The number of ether oxygens (including phenoxy) is 4. The van der Waals surface area contributed by atoms with Crippen LogP contribution in [0.1, 0.15) is 0 Å². The van der Waals surface area contributed by atoms with Crippen molar-refractivity contribution in [3.05, 3.63) is 12.0 Å². The normalized spacial score (nSPS) is 10.6. The van der Waals surface area contributed by atoms with E-state index in [4.69, 9.17) is 24.8 Å². The Kier molecular flexibility index (Phi) is 8.47. The lowest BCUT2D eigenvalue weighted by molar-refractivity contribution is 0.0173. The van der Waals surface area contributed by atoms with Crippen LogP contribution in [0.5, 0.6) is 5.88 Å². The third-order valence-corrected chi connectivity index (χ3v) is 2.11. The quantitative estimate of drug-likeness (QED) is 0.332. The van der Waals surface area contributed by atoms with E-state index in [1.54, 1.807) is 7.11 Å². The summed E-state index contributed by atoms with van der Waals surface area (Å²) in [6, 6.07) is 0. The van der Waals surface area contributed by atoms with Crippen LogP contribution in [-0.2, 0) is 14.2 Å². The van der Waals surface area contributed by atoms with Crippen molar-refractivity contribution in [1.82, 2.24) is 9.97 Å². The summed E-state index contributed by atoms with van der Waals surface area (Å²) >= 11 is 0. The summed E-state index contributed by atoms with van der Waals surface area (Å²) in [7, 11) is 1.61. The lowest BCUT2D eigenvalue weighted by Gasteiger charge is -2.08. The van der Waals surface area contributed by atoms with Crippen LogP contribution in [0.15, 0.2) is 6.20 Å². The molecule has 20 heavy (non-hydrogen) atoms. The second-order valence-electron chi connectivity index (χ2n) is 3.56. The van der Waals surface area contributed by atoms with E-state index in [-0.39, 0.29) is 18.4 Å². The fourth-order valence-electron chi connectivity index (χ4n) is 1.18. The van der Waals surface area contributed by atoms with Gasteiger partial charge in [-0.1, -0.05) is 0 Å². The van der Waals surface area contributed by atoms with Crippen molar-refractivity contribution < 1.29 is 23.3 Å². The highest BCUT2D eigenvalue weighted by Crippen LogP contribution is 2.13. The molecular formula is C11H19FN4O4. The molecule has 0 unspecified atom stereocenters. The topological polar surface area (TPSA) is 101 Å². The van der Waals surface area contributed by atoms with E-state index < -0.39 is 5.82 Å². The average molecular weight is 290 g/mol. The Morgan fingerprint density at radius 3 is 2.45 bits per heavy atom. The number of nitrogens with zero attached hydrogens (tertiary/aromatic N) is 2. The zero-order chi connectivity index (χ0) is 14.6. The number of hydrogen-bond donors (Lipinski definition) is 2. The fraction of sp³-hybridized carbons (Fsp3) is 0.636. The summed E-state index contributed by atoms with van der Waals surface area (Å²) in [5, 5.41) is 0. The van der Waals surface area contributed by atoms with Crippen molar-refractivity contribution in [3.63, 3.8) is 0 Å². The zero-order valence-corrected chi connectivity index (χ0v) is 11.3. The van der Waals surface area contributed by atoms with Crippen LogP contribution >= 0.6 is 0 Å². The second kappa shape index (κ2) is 10.3. The summed E-state index contributed by atoms with van der Waals surface area (Å²) in [6.07, 6.45) is 0.974. The van der Waals surface area contributed by atoms with Gasteiger partial charge < -0.3 is 18.9 Å². The molecule has 0 radical (unpaired) electrons. The third-order valence-electron chi connectivity index (χ3n) is 2.11. The number of methoxy groups -OCH3 is 1.